The van der Waals surface area contributed by atoms with Gasteiger partial charge in [-0.3, -0.25) is 14.4 Å². The first-order valence-corrected chi connectivity index (χ1v) is 12.2. The van der Waals surface area contributed by atoms with E-state index in [1.807, 2.05) is 13.0 Å². The van der Waals surface area contributed by atoms with Crippen LogP contribution in [-0.2, 0) is 4.79 Å². The number of aryl methyl sites for hydroxylation is 1. The molecule has 1 aliphatic heterocycles. The largest absolute Gasteiger partial charge is 0.349 e. The van der Waals surface area contributed by atoms with Crippen molar-refractivity contribution in [2.45, 2.75) is 57.9 Å². The molecule has 1 saturated carbocycles. The average Bonchev–Trinajstić information content (AvgIpc) is 2.86. The number of hydrogen-bond acceptors (Lipinski definition) is 3. The summed E-state index contributed by atoms with van der Waals surface area (Å²) in [5.74, 6) is -0.842. The van der Waals surface area contributed by atoms with Crippen molar-refractivity contribution in [3.05, 3.63) is 65.0 Å². The predicted octanol–water partition coefficient (Wildman–Crippen LogP) is 4.69. The zero-order chi connectivity index (χ0) is 24.1. The Balaban J connectivity index is 1.29. The van der Waals surface area contributed by atoms with Crippen LogP contribution >= 0.6 is 0 Å². The van der Waals surface area contributed by atoms with Crippen molar-refractivity contribution in [1.82, 2.24) is 10.2 Å². The number of amides is 3. The van der Waals surface area contributed by atoms with E-state index in [1.54, 1.807) is 17.0 Å². The summed E-state index contributed by atoms with van der Waals surface area (Å²) in [5, 5.41) is 6.12. The molecule has 0 aromatic heterocycles. The van der Waals surface area contributed by atoms with Gasteiger partial charge in [0.25, 0.3) is 11.8 Å². The molecule has 1 aliphatic carbocycles. The molecule has 3 amide bonds. The smallest absolute Gasteiger partial charge is 0.253 e. The number of carbonyl (C=O) groups excluding carboxylic acids is 3. The van der Waals surface area contributed by atoms with Gasteiger partial charge in [-0.1, -0.05) is 19.3 Å². The number of nitrogens with one attached hydrogen (secondary N) is 2. The Morgan fingerprint density at radius 2 is 1.53 bits per heavy atom. The highest BCUT2D eigenvalue weighted by Gasteiger charge is 2.28. The summed E-state index contributed by atoms with van der Waals surface area (Å²) in [5.41, 5.74) is 2.60. The first kappa shape index (κ1) is 23.9. The Kier molecular flexibility index (Phi) is 7.60. The van der Waals surface area contributed by atoms with Crippen molar-refractivity contribution in [2.75, 3.05) is 18.4 Å². The fourth-order valence-corrected chi connectivity index (χ4v) is 4.82. The lowest BCUT2D eigenvalue weighted by Crippen LogP contribution is -2.41. The van der Waals surface area contributed by atoms with Crippen LogP contribution in [-0.4, -0.2) is 41.8 Å². The van der Waals surface area contributed by atoms with Crippen LogP contribution in [0.1, 0.15) is 71.2 Å². The molecular weight excluding hydrogens is 433 g/mol. The normalized spacial score (nSPS) is 17.3. The fourth-order valence-electron chi connectivity index (χ4n) is 4.82. The summed E-state index contributed by atoms with van der Waals surface area (Å²) < 4.78 is 13.1. The van der Waals surface area contributed by atoms with Gasteiger partial charge in [-0.15, -0.1) is 0 Å². The molecule has 0 unspecified atom stereocenters. The maximum absolute atomic E-state index is 13.1. The lowest BCUT2D eigenvalue weighted by Gasteiger charge is -2.31. The number of carbonyl (C=O) groups is 3. The maximum Gasteiger partial charge on any atom is 0.253 e. The SMILES string of the molecule is Cc1cc(C(=O)NC2CCCCC2)ccc1NC(=O)C1CCN(C(=O)c2ccc(F)cc2)CC1. The minimum absolute atomic E-state index is 0.0638. The first-order chi connectivity index (χ1) is 16.4. The topological polar surface area (TPSA) is 78.5 Å². The minimum atomic E-state index is -0.375. The van der Waals surface area contributed by atoms with Gasteiger partial charge in [0, 0.05) is 41.9 Å². The number of likely N-dealkylation sites (tertiary alicyclic amines) is 1. The molecule has 2 aromatic rings. The molecule has 0 radical (unpaired) electrons. The van der Waals surface area contributed by atoms with Gasteiger partial charge in [0.1, 0.15) is 5.82 Å². The van der Waals surface area contributed by atoms with Crippen LogP contribution in [0.3, 0.4) is 0 Å². The molecule has 7 heteroatoms. The highest BCUT2D eigenvalue weighted by molar-refractivity contribution is 5.97. The van der Waals surface area contributed by atoms with Crippen LogP contribution in [0.2, 0.25) is 0 Å². The molecule has 1 heterocycles. The van der Waals surface area contributed by atoms with E-state index in [9.17, 15) is 18.8 Å². The number of benzene rings is 2. The third-order valence-electron chi connectivity index (χ3n) is 6.93. The van der Waals surface area contributed by atoms with Crippen molar-refractivity contribution in [3.63, 3.8) is 0 Å². The van der Waals surface area contributed by atoms with Gasteiger partial charge >= 0.3 is 0 Å². The molecule has 0 atom stereocenters. The predicted molar refractivity (Wildman–Crippen MR) is 129 cm³/mol. The molecule has 2 N–H and O–H groups in total. The van der Waals surface area contributed by atoms with Crippen molar-refractivity contribution >= 4 is 23.4 Å². The first-order valence-electron chi connectivity index (χ1n) is 12.2. The van der Waals surface area contributed by atoms with Gasteiger partial charge in [0.05, 0.1) is 0 Å². The maximum atomic E-state index is 13.1. The molecule has 4 rings (SSSR count). The van der Waals surface area contributed by atoms with Crippen LogP contribution in [0.5, 0.6) is 0 Å². The van der Waals surface area contributed by atoms with Crippen LogP contribution in [0.4, 0.5) is 10.1 Å². The summed E-state index contributed by atoms with van der Waals surface area (Å²) in [4.78, 5) is 39.8. The van der Waals surface area contributed by atoms with Crippen molar-refractivity contribution in [3.8, 4) is 0 Å². The summed E-state index contributed by atoms with van der Waals surface area (Å²) >= 11 is 0. The molecule has 2 aromatic carbocycles. The summed E-state index contributed by atoms with van der Waals surface area (Å²) in [6.07, 6.45) is 6.77. The number of hydrogen-bond donors (Lipinski definition) is 2. The Morgan fingerprint density at radius 1 is 0.882 bits per heavy atom. The Hall–Kier alpha value is -3.22. The Bertz CT molecular complexity index is 1040. The van der Waals surface area contributed by atoms with Crippen LogP contribution in [0, 0.1) is 18.7 Å². The van der Waals surface area contributed by atoms with E-state index in [0.29, 0.717) is 42.7 Å². The highest BCUT2D eigenvalue weighted by Crippen LogP contribution is 2.24. The summed E-state index contributed by atoms with van der Waals surface area (Å²) in [6, 6.07) is 11.1. The quantitative estimate of drug-likeness (QED) is 0.673. The summed E-state index contributed by atoms with van der Waals surface area (Å²) in [7, 11) is 0. The number of halogens is 1. The van der Waals surface area contributed by atoms with Gasteiger partial charge in [0.2, 0.25) is 5.91 Å². The van der Waals surface area contributed by atoms with Gasteiger partial charge in [-0.05, 0) is 80.6 Å². The molecule has 34 heavy (non-hydrogen) atoms. The van der Waals surface area contributed by atoms with Crippen LogP contribution in [0.25, 0.3) is 0 Å². The van der Waals surface area contributed by atoms with Crippen molar-refractivity contribution in [1.29, 1.82) is 0 Å². The molecule has 1 saturated heterocycles. The molecule has 0 bridgehead atoms. The number of piperidine rings is 1. The second-order valence-corrected chi connectivity index (χ2v) is 9.40. The zero-order valence-corrected chi connectivity index (χ0v) is 19.6. The van der Waals surface area contributed by atoms with E-state index in [4.69, 9.17) is 0 Å². The Morgan fingerprint density at radius 3 is 2.18 bits per heavy atom. The van der Waals surface area contributed by atoms with Crippen LogP contribution < -0.4 is 10.6 Å². The third kappa shape index (κ3) is 5.82. The second-order valence-electron chi connectivity index (χ2n) is 9.40. The van der Waals surface area contributed by atoms with Gasteiger partial charge in [0.15, 0.2) is 0 Å². The molecule has 2 aliphatic rings. The molecule has 0 spiro atoms. The van der Waals surface area contributed by atoms with E-state index >= 15 is 0 Å². The monoisotopic (exact) mass is 465 g/mol. The average molecular weight is 466 g/mol. The molecule has 2 fully saturated rings. The minimum Gasteiger partial charge on any atom is -0.349 e. The lowest BCUT2D eigenvalue weighted by atomic mass is 9.94. The van der Waals surface area contributed by atoms with Gasteiger partial charge < -0.3 is 15.5 Å². The van der Waals surface area contributed by atoms with E-state index < -0.39 is 0 Å². The Labute approximate surface area is 199 Å². The van der Waals surface area contributed by atoms with Crippen molar-refractivity contribution in [2.24, 2.45) is 5.92 Å². The number of nitrogens with zero attached hydrogens (tertiary/aromatic N) is 1. The van der Waals surface area contributed by atoms with Gasteiger partial charge in [-0.25, -0.2) is 4.39 Å². The van der Waals surface area contributed by atoms with E-state index in [2.05, 4.69) is 10.6 Å². The van der Waals surface area contributed by atoms with E-state index in [1.165, 1.54) is 30.7 Å². The number of anilines is 1. The van der Waals surface area contributed by atoms with Crippen molar-refractivity contribution < 1.29 is 18.8 Å². The highest BCUT2D eigenvalue weighted by atomic mass is 19.1. The van der Waals surface area contributed by atoms with E-state index in [0.717, 1.165) is 31.2 Å². The molecule has 6 nitrogen and oxygen atoms in total. The molecule has 180 valence electrons. The summed E-state index contributed by atoms with van der Waals surface area (Å²) in [6.45, 7) is 2.85. The second kappa shape index (κ2) is 10.8. The standard InChI is InChI=1S/C27H32FN3O3/c1-18-17-21(26(33)29-23-5-3-2-4-6-23)9-12-24(18)30-25(32)19-13-15-31(16-14-19)27(34)20-7-10-22(28)11-8-20/h7-12,17,19,23H,2-6,13-16H2,1H3,(H,29,33)(H,30,32). The van der Waals surface area contributed by atoms with E-state index in [-0.39, 0.29) is 35.5 Å². The molecular formula is C27H32FN3O3. The lowest BCUT2D eigenvalue weighted by molar-refractivity contribution is -0.121. The number of rotatable bonds is 5. The van der Waals surface area contributed by atoms with Gasteiger partial charge in [-0.2, -0.15) is 0 Å². The third-order valence-corrected chi connectivity index (χ3v) is 6.93. The van der Waals surface area contributed by atoms with Crippen LogP contribution in [0.15, 0.2) is 42.5 Å². The fraction of sp³-hybridized carbons (Fsp3) is 0.444. The zero-order valence-electron chi connectivity index (χ0n) is 19.6.